The number of benzene rings is 1. The van der Waals surface area contributed by atoms with Crippen LogP contribution in [0, 0.1) is 5.82 Å². The number of halogens is 1. The predicted molar refractivity (Wildman–Crippen MR) is 74.8 cm³/mol. The van der Waals surface area contributed by atoms with Gasteiger partial charge in [0.05, 0.1) is 17.3 Å². The Hall–Kier alpha value is -1.30. The van der Waals surface area contributed by atoms with Crippen LogP contribution < -0.4 is 5.32 Å². The highest BCUT2D eigenvalue weighted by molar-refractivity contribution is 7.11. The topological polar surface area (TPSA) is 34.2 Å². The summed E-state index contributed by atoms with van der Waals surface area (Å²) < 4.78 is 18.8. The van der Waals surface area contributed by atoms with E-state index >= 15 is 0 Å². The first-order chi connectivity index (χ1) is 9.24. The molecule has 0 amide bonds. The number of thiazole rings is 1. The van der Waals surface area contributed by atoms with Crippen LogP contribution in [0.4, 0.5) is 4.39 Å². The minimum Gasteiger partial charge on any atom is -0.378 e. The van der Waals surface area contributed by atoms with E-state index in [1.54, 1.807) is 30.6 Å². The van der Waals surface area contributed by atoms with Gasteiger partial charge in [0, 0.05) is 25.0 Å². The van der Waals surface area contributed by atoms with Gasteiger partial charge in [0.1, 0.15) is 5.82 Å². The first kappa shape index (κ1) is 14.1. The Morgan fingerprint density at radius 3 is 2.84 bits per heavy atom. The van der Waals surface area contributed by atoms with Crippen LogP contribution >= 0.6 is 11.3 Å². The van der Waals surface area contributed by atoms with Crippen molar-refractivity contribution in [1.82, 2.24) is 10.3 Å². The van der Waals surface area contributed by atoms with Gasteiger partial charge in [-0.25, -0.2) is 9.37 Å². The van der Waals surface area contributed by atoms with Gasteiger partial charge < -0.3 is 10.1 Å². The van der Waals surface area contributed by atoms with Crippen LogP contribution in [0.1, 0.15) is 21.1 Å². The summed E-state index contributed by atoms with van der Waals surface area (Å²) in [5, 5.41) is 4.03. The Morgan fingerprint density at radius 1 is 1.37 bits per heavy atom. The Labute approximate surface area is 116 Å². The zero-order valence-corrected chi connectivity index (χ0v) is 11.9. The van der Waals surface area contributed by atoms with Crippen molar-refractivity contribution in [3.63, 3.8) is 0 Å². The average molecular weight is 280 g/mol. The van der Waals surface area contributed by atoms with Crippen LogP contribution in [0.5, 0.6) is 0 Å². The highest BCUT2D eigenvalue weighted by Gasteiger charge is 2.12. The molecule has 102 valence electrons. The summed E-state index contributed by atoms with van der Waals surface area (Å²) in [6, 6.07) is 6.82. The molecule has 0 bridgehead atoms. The third kappa shape index (κ3) is 3.59. The second kappa shape index (κ2) is 6.75. The summed E-state index contributed by atoms with van der Waals surface area (Å²) in [6.07, 6.45) is 0.526. The van der Waals surface area contributed by atoms with E-state index in [0.717, 1.165) is 22.1 Å². The first-order valence-corrected chi connectivity index (χ1v) is 6.90. The minimum atomic E-state index is -0.179. The third-order valence-electron chi connectivity index (χ3n) is 2.74. The van der Waals surface area contributed by atoms with Gasteiger partial charge in [-0.1, -0.05) is 18.2 Å². The van der Waals surface area contributed by atoms with Gasteiger partial charge in [-0.05, 0) is 18.7 Å². The van der Waals surface area contributed by atoms with Crippen molar-refractivity contribution in [3.05, 3.63) is 51.2 Å². The molecule has 1 heterocycles. The molecule has 5 heteroatoms. The van der Waals surface area contributed by atoms with E-state index in [1.165, 1.54) is 6.07 Å². The first-order valence-electron chi connectivity index (χ1n) is 6.09. The smallest absolute Gasteiger partial charge is 0.126 e. The molecular weight excluding hydrogens is 263 g/mol. The maximum absolute atomic E-state index is 13.6. The molecule has 1 N–H and O–H groups in total. The predicted octanol–water partition coefficient (Wildman–Crippen LogP) is 2.74. The monoisotopic (exact) mass is 280 g/mol. The fraction of sp³-hybridized carbons (Fsp3) is 0.357. The average Bonchev–Trinajstić information content (AvgIpc) is 2.76. The number of nitrogens with zero attached hydrogens (tertiary/aromatic N) is 1. The molecule has 3 nitrogen and oxygen atoms in total. The molecule has 0 atom stereocenters. The van der Waals surface area contributed by atoms with E-state index in [-0.39, 0.29) is 5.82 Å². The van der Waals surface area contributed by atoms with E-state index in [9.17, 15) is 4.39 Å². The molecule has 2 rings (SSSR count). The number of methoxy groups -OCH3 is 1. The Morgan fingerprint density at radius 2 is 2.16 bits per heavy atom. The molecule has 0 unspecified atom stereocenters. The van der Waals surface area contributed by atoms with E-state index in [2.05, 4.69) is 10.3 Å². The lowest BCUT2D eigenvalue weighted by molar-refractivity contribution is 0.181. The largest absolute Gasteiger partial charge is 0.378 e. The van der Waals surface area contributed by atoms with Crippen molar-refractivity contribution in [1.29, 1.82) is 0 Å². The third-order valence-corrected chi connectivity index (χ3v) is 3.84. The van der Waals surface area contributed by atoms with Crippen LogP contribution in [0.2, 0.25) is 0 Å². The summed E-state index contributed by atoms with van der Waals surface area (Å²) >= 11 is 1.61. The highest BCUT2D eigenvalue weighted by atomic mass is 32.1. The van der Waals surface area contributed by atoms with Crippen LogP contribution in [0.15, 0.2) is 24.3 Å². The molecule has 19 heavy (non-hydrogen) atoms. The van der Waals surface area contributed by atoms with Gasteiger partial charge >= 0.3 is 0 Å². The molecule has 0 spiro atoms. The van der Waals surface area contributed by atoms with Crippen LogP contribution in [-0.4, -0.2) is 19.1 Å². The van der Waals surface area contributed by atoms with Crippen molar-refractivity contribution < 1.29 is 9.13 Å². The molecule has 0 saturated heterocycles. The van der Waals surface area contributed by atoms with E-state index in [0.29, 0.717) is 18.6 Å². The van der Waals surface area contributed by atoms with Crippen LogP contribution in [-0.2, 0) is 24.3 Å². The molecular formula is C14H17FN2OS. The molecule has 0 aliphatic heterocycles. The van der Waals surface area contributed by atoms with Crippen LogP contribution in [0.25, 0.3) is 0 Å². The second-order valence-corrected chi connectivity index (χ2v) is 5.38. The lowest BCUT2D eigenvalue weighted by Gasteiger charge is -1.99. The van der Waals surface area contributed by atoms with Gasteiger partial charge in [0.15, 0.2) is 0 Å². The number of hydrogen-bond donors (Lipinski definition) is 1. The fourth-order valence-electron chi connectivity index (χ4n) is 1.87. The quantitative estimate of drug-likeness (QED) is 0.883. The Kier molecular flexibility index (Phi) is 5.01. The summed E-state index contributed by atoms with van der Waals surface area (Å²) in [5.41, 5.74) is 1.62. The zero-order chi connectivity index (χ0) is 13.7. The second-order valence-electron chi connectivity index (χ2n) is 4.21. The molecule has 0 aliphatic rings. The summed E-state index contributed by atoms with van der Waals surface area (Å²) in [5.74, 6) is -0.179. The molecule has 2 aromatic rings. The van der Waals surface area contributed by atoms with E-state index in [1.807, 2.05) is 13.1 Å². The summed E-state index contributed by atoms with van der Waals surface area (Å²) in [7, 11) is 3.55. The number of hydrogen-bond acceptors (Lipinski definition) is 4. The van der Waals surface area contributed by atoms with Crippen molar-refractivity contribution in [2.75, 3.05) is 14.2 Å². The Balaban J connectivity index is 2.21. The van der Waals surface area contributed by atoms with Crippen molar-refractivity contribution in [2.24, 2.45) is 0 Å². The summed E-state index contributed by atoms with van der Waals surface area (Å²) in [4.78, 5) is 5.69. The number of nitrogens with one attached hydrogen (secondary N) is 1. The maximum atomic E-state index is 13.6. The van der Waals surface area contributed by atoms with E-state index in [4.69, 9.17) is 4.74 Å². The number of aromatic nitrogens is 1. The number of ether oxygens (including phenoxy) is 1. The standard InChI is InChI=1S/C14H17FN2OS/c1-16-8-13-12(9-18-2)17-14(19-13)7-10-5-3-4-6-11(10)15/h3-6,16H,7-9H2,1-2H3. The van der Waals surface area contributed by atoms with Gasteiger partial charge in [-0.15, -0.1) is 11.3 Å². The normalized spacial score (nSPS) is 10.9. The molecule has 0 aliphatic carbocycles. The molecule has 1 aromatic heterocycles. The highest BCUT2D eigenvalue weighted by Crippen LogP contribution is 2.22. The van der Waals surface area contributed by atoms with E-state index < -0.39 is 0 Å². The maximum Gasteiger partial charge on any atom is 0.126 e. The number of rotatable bonds is 6. The van der Waals surface area contributed by atoms with Crippen LogP contribution in [0.3, 0.4) is 0 Å². The van der Waals surface area contributed by atoms with Gasteiger partial charge in [-0.3, -0.25) is 0 Å². The molecule has 0 fully saturated rings. The summed E-state index contributed by atoms with van der Waals surface area (Å²) in [6.45, 7) is 1.25. The lowest BCUT2D eigenvalue weighted by atomic mass is 10.1. The SMILES string of the molecule is CNCc1sc(Cc2ccccc2F)nc1COC. The zero-order valence-electron chi connectivity index (χ0n) is 11.1. The lowest BCUT2D eigenvalue weighted by Crippen LogP contribution is -2.06. The van der Waals surface area contributed by atoms with Crippen molar-refractivity contribution in [3.8, 4) is 0 Å². The van der Waals surface area contributed by atoms with Gasteiger partial charge in [-0.2, -0.15) is 0 Å². The molecule has 0 saturated carbocycles. The van der Waals surface area contributed by atoms with Crippen molar-refractivity contribution >= 4 is 11.3 Å². The fourth-order valence-corrected chi connectivity index (χ4v) is 2.97. The minimum absolute atomic E-state index is 0.179. The Bertz CT molecular complexity index is 518. The van der Waals surface area contributed by atoms with Gasteiger partial charge in [0.25, 0.3) is 0 Å². The molecule has 1 aromatic carbocycles. The van der Waals surface area contributed by atoms with Crippen molar-refractivity contribution in [2.45, 2.75) is 19.6 Å². The molecule has 0 radical (unpaired) electrons. The van der Waals surface area contributed by atoms with Gasteiger partial charge in [0.2, 0.25) is 0 Å².